The highest BCUT2D eigenvalue weighted by molar-refractivity contribution is 5.18. The number of rotatable bonds is 4. The first-order valence-electron chi connectivity index (χ1n) is 4.96. The van der Waals surface area contributed by atoms with Crippen molar-refractivity contribution in [1.29, 1.82) is 0 Å². The van der Waals surface area contributed by atoms with E-state index >= 15 is 0 Å². The van der Waals surface area contributed by atoms with Crippen molar-refractivity contribution in [3.8, 4) is 0 Å². The standard InChI is InChI=1S/C12H17FO/c1-9(2)8-14-10(3)11-4-6-12(13)7-5-11/h4-7,9-10H,8H2,1-3H3. The molecule has 0 bridgehead atoms. The molecule has 1 unspecified atom stereocenters. The molecular weight excluding hydrogens is 179 g/mol. The molecule has 0 aliphatic rings. The van der Waals surface area contributed by atoms with E-state index in [-0.39, 0.29) is 11.9 Å². The number of ether oxygens (including phenoxy) is 1. The molecule has 0 spiro atoms. The average Bonchev–Trinajstić information content (AvgIpc) is 2.15. The Labute approximate surface area is 84.9 Å². The van der Waals surface area contributed by atoms with E-state index in [2.05, 4.69) is 13.8 Å². The summed E-state index contributed by atoms with van der Waals surface area (Å²) < 4.78 is 18.2. The Bertz CT molecular complexity index is 266. The fourth-order valence-corrected chi connectivity index (χ4v) is 1.17. The quantitative estimate of drug-likeness (QED) is 0.715. The molecule has 0 fully saturated rings. The zero-order chi connectivity index (χ0) is 10.6. The molecule has 0 aromatic heterocycles. The van der Waals surface area contributed by atoms with Gasteiger partial charge in [-0.05, 0) is 30.5 Å². The normalized spacial score (nSPS) is 13.2. The maximum atomic E-state index is 12.6. The topological polar surface area (TPSA) is 9.23 Å². The first kappa shape index (κ1) is 11.2. The largest absolute Gasteiger partial charge is 0.374 e. The molecule has 2 heteroatoms. The van der Waals surface area contributed by atoms with Crippen LogP contribution in [0.25, 0.3) is 0 Å². The SMILES string of the molecule is CC(C)COC(C)c1ccc(F)cc1. The van der Waals surface area contributed by atoms with Crippen molar-refractivity contribution >= 4 is 0 Å². The maximum Gasteiger partial charge on any atom is 0.123 e. The van der Waals surface area contributed by atoms with Crippen molar-refractivity contribution in [3.05, 3.63) is 35.6 Å². The predicted octanol–water partition coefficient (Wildman–Crippen LogP) is 3.56. The van der Waals surface area contributed by atoms with Crippen LogP contribution < -0.4 is 0 Å². The Hall–Kier alpha value is -0.890. The lowest BCUT2D eigenvalue weighted by atomic mass is 10.1. The molecule has 1 nitrogen and oxygen atoms in total. The molecular formula is C12H17FO. The van der Waals surface area contributed by atoms with Crippen LogP contribution in [0.1, 0.15) is 32.4 Å². The molecule has 14 heavy (non-hydrogen) atoms. The molecule has 0 aliphatic carbocycles. The first-order chi connectivity index (χ1) is 6.59. The fraction of sp³-hybridized carbons (Fsp3) is 0.500. The molecule has 1 aromatic rings. The van der Waals surface area contributed by atoms with Crippen molar-refractivity contribution in [2.45, 2.75) is 26.9 Å². The van der Waals surface area contributed by atoms with Gasteiger partial charge in [-0.25, -0.2) is 4.39 Å². The van der Waals surface area contributed by atoms with Crippen LogP contribution in [-0.4, -0.2) is 6.61 Å². The van der Waals surface area contributed by atoms with E-state index in [0.29, 0.717) is 5.92 Å². The summed E-state index contributed by atoms with van der Waals surface area (Å²) >= 11 is 0. The molecule has 78 valence electrons. The summed E-state index contributed by atoms with van der Waals surface area (Å²) in [7, 11) is 0. The van der Waals surface area contributed by atoms with Crippen molar-refractivity contribution in [2.24, 2.45) is 5.92 Å². The van der Waals surface area contributed by atoms with Gasteiger partial charge in [0.05, 0.1) is 6.10 Å². The second kappa shape index (κ2) is 5.11. The number of benzene rings is 1. The second-order valence-corrected chi connectivity index (χ2v) is 3.92. The molecule has 0 radical (unpaired) electrons. The van der Waals surface area contributed by atoms with E-state index in [9.17, 15) is 4.39 Å². The third kappa shape index (κ3) is 3.46. The third-order valence-corrected chi connectivity index (χ3v) is 2.02. The summed E-state index contributed by atoms with van der Waals surface area (Å²) in [6.07, 6.45) is 0.0398. The lowest BCUT2D eigenvalue weighted by molar-refractivity contribution is 0.0469. The molecule has 1 rings (SSSR count). The fourth-order valence-electron chi connectivity index (χ4n) is 1.17. The average molecular weight is 196 g/mol. The van der Waals surface area contributed by atoms with Crippen LogP contribution in [0.5, 0.6) is 0 Å². The lowest BCUT2D eigenvalue weighted by Crippen LogP contribution is -2.06. The van der Waals surface area contributed by atoms with E-state index < -0.39 is 0 Å². The minimum absolute atomic E-state index is 0.0398. The Kier molecular flexibility index (Phi) is 4.08. The summed E-state index contributed by atoms with van der Waals surface area (Å²) in [6.45, 7) is 6.93. The lowest BCUT2D eigenvalue weighted by Gasteiger charge is -2.14. The monoisotopic (exact) mass is 196 g/mol. The van der Waals surface area contributed by atoms with Crippen molar-refractivity contribution < 1.29 is 9.13 Å². The molecule has 0 amide bonds. The van der Waals surface area contributed by atoms with Crippen molar-refractivity contribution in [1.82, 2.24) is 0 Å². The first-order valence-corrected chi connectivity index (χ1v) is 4.96. The summed E-state index contributed by atoms with van der Waals surface area (Å²) in [5.74, 6) is 0.322. The van der Waals surface area contributed by atoms with Gasteiger partial charge in [-0.3, -0.25) is 0 Å². The van der Waals surface area contributed by atoms with E-state index in [1.165, 1.54) is 12.1 Å². The van der Waals surface area contributed by atoms with Crippen LogP contribution in [0.2, 0.25) is 0 Å². The van der Waals surface area contributed by atoms with Crippen molar-refractivity contribution in [2.75, 3.05) is 6.61 Å². The predicted molar refractivity (Wildman–Crippen MR) is 55.6 cm³/mol. The Balaban J connectivity index is 2.52. The van der Waals surface area contributed by atoms with Gasteiger partial charge in [-0.1, -0.05) is 26.0 Å². The van der Waals surface area contributed by atoms with Gasteiger partial charge in [0, 0.05) is 6.61 Å². The molecule has 1 aromatic carbocycles. The van der Waals surface area contributed by atoms with Gasteiger partial charge >= 0.3 is 0 Å². The van der Waals surface area contributed by atoms with Crippen LogP contribution in [0, 0.1) is 11.7 Å². The Morgan fingerprint density at radius 3 is 2.21 bits per heavy atom. The van der Waals surface area contributed by atoms with Gasteiger partial charge < -0.3 is 4.74 Å². The van der Waals surface area contributed by atoms with E-state index in [0.717, 1.165) is 12.2 Å². The second-order valence-electron chi connectivity index (χ2n) is 3.92. The maximum absolute atomic E-state index is 12.6. The Morgan fingerprint density at radius 1 is 1.14 bits per heavy atom. The highest BCUT2D eigenvalue weighted by Gasteiger charge is 2.06. The van der Waals surface area contributed by atoms with Gasteiger partial charge in [-0.2, -0.15) is 0 Å². The summed E-state index contributed by atoms with van der Waals surface area (Å²) in [4.78, 5) is 0. The van der Waals surface area contributed by atoms with Crippen LogP contribution in [0.4, 0.5) is 4.39 Å². The van der Waals surface area contributed by atoms with E-state index in [1.807, 2.05) is 6.92 Å². The molecule has 0 N–H and O–H groups in total. The van der Waals surface area contributed by atoms with Crippen LogP contribution in [0.15, 0.2) is 24.3 Å². The minimum atomic E-state index is -0.204. The smallest absolute Gasteiger partial charge is 0.123 e. The van der Waals surface area contributed by atoms with Crippen LogP contribution >= 0.6 is 0 Å². The highest BCUT2D eigenvalue weighted by Crippen LogP contribution is 2.17. The zero-order valence-corrected chi connectivity index (χ0v) is 8.96. The highest BCUT2D eigenvalue weighted by atomic mass is 19.1. The molecule has 0 heterocycles. The third-order valence-electron chi connectivity index (χ3n) is 2.02. The molecule has 1 atom stereocenters. The Morgan fingerprint density at radius 2 is 1.71 bits per heavy atom. The molecule has 0 aliphatic heterocycles. The summed E-state index contributed by atoms with van der Waals surface area (Å²) in [5, 5.41) is 0. The van der Waals surface area contributed by atoms with E-state index in [1.54, 1.807) is 12.1 Å². The van der Waals surface area contributed by atoms with Crippen LogP contribution in [0.3, 0.4) is 0 Å². The van der Waals surface area contributed by atoms with E-state index in [4.69, 9.17) is 4.74 Å². The van der Waals surface area contributed by atoms with Gasteiger partial charge in [-0.15, -0.1) is 0 Å². The van der Waals surface area contributed by atoms with Gasteiger partial charge in [0.25, 0.3) is 0 Å². The molecule has 0 saturated carbocycles. The summed E-state index contributed by atoms with van der Waals surface area (Å²) in [6, 6.07) is 6.45. The zero-order valence-electron chi connectivity index (χ0n) is 8.96. The van der Waals surface area contributed by atoms with Crippen LogP contribution in [-0.2, 0) is 4.74 Å². The molecule has 0 saturated heterocycles. The van der Waals surface area contributed by atoms with Gasteiger partial charge in [0.15, 0.2) is 0 Å². The minimum Gasteiger partial charge on any atom is -0.374 e. The van der Waals surface area contributed by atoms with Crippen molar-refractivity contribution in [3.63, 3.8) is 0 Å². The number of hydrogen-bond acceptors (Lipinski definition) is 1. The number of halogens is 1. The number of hydrogen-bond donors (Lipinski definition) is 0. The van der Waals surface area contributed by atoms with Gasteiger partial charge in [0.2, 0.25) is 0 Å². The summed E-state index contributed by atoms with van der Waals surface area (Å²) in [5.41, 5.74) is 1.02. The van der Waals surface area contributed by atoms with Gasteiger partial charge in [0.1, 0.15) is 5.82 Å².